The van der Waals surface area contributed by atoms with E-state index >= 15 is 0 Å². The predicted octanol–water partition coefficient (Wildman–Crippen LogP) is 1.24. The Balaban J connectivity index is 2.11. The molecule has 1 saturated heterocycles. The first-order valence-corrected chi connectivity index (χ1v) is 6.57. The average molecular weight is 325 g/mol. The van der Waals surface area contributed by atoms with E-state index in [1.807, 2.05) is 6.92 Å². The molecule has 19 heavy (non-hydrogen) atoms. The van der Waals surface area contributed by atoms with Gasteiger partial charge in [0.1, 0.15) is 6.04 Å². The number of halogens is 1. The van der Waals surface area contributed by atoms with Crippen molar-refractivity contribution >= 4 is 33.7 Å². The Bertz CT molecular complexity index is 571. The molecule has 0 bridgehead atoms. The maximum atomic E-state index is 12.0. The third kappa shape index (κ3) is 2.68. The molecule has 1 fully saturated rings. The van der Waals surface area contributed by atoms with E-state index in [0.717, 1.165) is 14.9 Å². The van der Waals surface area contributed by atoms with E-state index in [0.29, 0.717) is 5.56 Å². The van der Waals surface area contributed by atoms with Gasteiger partial charge in [-0.05, 0) is 30.7 Å². The van der Waals surface area contributed by atoms with E-state index < -0.39 is 6.04 Å². The lowest BCUT2D eigenvalue weighted by Crippen LogP contribution is -2.40. The average Bonchev–Trinajstić information content (AvgIpc) is 2.60. The van der Waals surface area contributed by atoms with Gasteiger partial charge in [0.15, 0.2) is 0 Å². The Morgan fingerprint density at radius 1 is 1.42 bits per heavy atom. The molecule has 1 aliphatic heterocycles. The van der Waals surface area contributed by atoms with Gasteiger partial charge < -0.3 is 5.32 Å². The molecule has 3 amide bonds. The van der Waals surface area contributed by atoms with Crippen LogP contribution < -0.4 is 5.32 Å². The van der Waals surface area contributed by atoms with Gasteiger partial charge in [-0.1, -0.05) is 15.9 Å². The number of carbonyl (C=O) groups is 3. The molecular formula is C13H13BrN2O3. The molecule has 0 saturated carbocycles. The number of benzene rings is 1. The molecule has 1 atom stereocenters. The highest BCUT2D eigenvalue weighted by Gasteiger charge is 2.36. The summed E-state index contributed by atoms with van der Waals surface area (Å²) in [6, 6.07) is 4.41. The SMILES string of the molecule is Cc1cc(C(=O)NC2CC(=O)N(C)C2=O)ccc1Br. The number of hydrogen-bond acceptors (Lipinski definition) is 3. The summed E-state index contributed by atoms with van der Waals surface area (Å²) < 4.78 is 0.913. The van der Waals surface area contributed by atoms with E-state index in [1.54, 1.807) is 18.2 Å². The smallest absolute Gasteiger partial charge is 0.252 e. The first kappa shape index (κ1) is 13.7. The van der Waals surface area contributed by atoms with Crippen LogP contribution in [0.15, 0.2) is 22.7 Å². The molecule has 1 unspecified atom stereocenters. The number of rotatable bonds is 2. The minimum Gasteiger partial charge on any atom is -0.340 e. The summed E-state index contributed by atoms with van der Waals surface area (Å²) in [5, 5.41) is 2.59. The molecule has 1 aromatic carbocycles. The Kier molecular flexibility index (Phi) is 3.71. The molecule has 6 heteroatoms. The second-order valence-corrected chi connectivity index (χ2v) is 5.34. The number of likely N-dealkylation sites (N-methyl/N-ethyl adjacent to an activating group) is 1. The Morgan fingerprint density at radius 2 is 2.11 bits per heavy atom. The zero-order valence-electron chi connectivity index (χ0n) is 10.6. The molecule has 0 radical (unpaired) electrons. The van der Waals surface area contributed by atoms with Crippen molar-refractivity contribution in [2.75, 3.05) is 7.05 Å². The molecule has 1 N–H and O–H groups in total. The monoisotopic (exact) mass is 324 g/mol. The number of nitrogens with zero attached hydrogens (tertiary/aromatic N) is 1. The first-order valence-electron chi connectivity index (χ1n) is 5.77. The molecule has 100 valence electrons. The third-order valence-corrected chi connectivity index (χ3v) is 4.00. The van der Waals surface area contributed by atoms with Gasteiger partial charge in [-0.25, -0.2) is 0 Å². The number of carbonyl (C=O) groups excluding carboxylic acids is 3. The van der Waals surface area contributed by atoms with E-state index in [9.17, 15) is 14.4 Å². The molecule has 0 spiro atoms. The Labute approximate surface area is 119 Å². The van der Waals surface area contributed by atoms with Crippen LogP contribution in [0.3, 0.4) is 0 Å². The van der Waals surface area contributed by atoms with Crippen molar-refractivity contribution in [2.24, 2.45) is 0 Å². The summed E-state index contributed by atoms with van der Waals surface area (Å²) in [6.45, 7) is 1.87. The predicted molar refractivity (Wildman–Crippen MR) is 72.5 cm³/mol. The molecular weight excluding hydrogens is 312 g/mol. The number of amides is 3. The highest BCUT2D eigenvalue weighted by atomic mass is 79.9. The highest BCUT2D eigenvalue weighted by molar-refractivity contribution is 9.10. The van der Waals surface area contributed by atoms with Gasteiger partial charge in [-0.3, -0.25) is 19.3 Å². The first-order chi connectivity index (χ1) is 8.90. The second-order valence-electron chi connectivity index (χ2n) is 4.49. The van der Waals surface area contributed by atoms with Crippen LogP contribution in [0.2, 0.25) is 0 Å². The molecule has 2 rings (SSSR count). The van der Waals surface area contributed by atoms with E-state index in [2.05, 4.69) is 21.2 Å². The van der Waals surface area contributed by atoms with Crippen molar-refractivity contribution in [2.45, 2.75) is 19.4 Å². The topological polar surface area (TPSA) is 66.5 Å². The lowest BCUT2D eigenvalue weighted by molar-refractivity contribution is -0.137. The lowest BCUT2D eigenvalue weighted by Gasteiger charge is -2.11. The highest BCUT2D eigenvalue weighted by Crippen LogP contribution is 2.18. The summed E-state index contributed by atoms with van der Waals surface area (Å²) >= 11 is 3.35. The van der Waals surface area contributed by atoms with Crippen LogP contribution in [-0.2, 0) is 9.59 Å². The zero-order chi connectivity index (χ0) is 14.2. The van der Waals surface area contributed by atoms with Gasteiger partial charge in [0.25, 0.3) is 11.8 Å². The van der Waals surface area contributed by atoms with Gasteiger partial charge in [-0.2, -0.15) is 0 Å². The van der Waals surface area contributed by atoms with Gasteiger partial charge >= 0.3 is 0 Å². The molecule has 1 aromatic rings. The fourth-order valence-electron chi connectivity index (χ4n) is 1.90. The van der Waals surface area contributed by atoms with E-state index in [4.69, 9.17) is 0 Å². The summed E-state index contributed by atoms with van der Waals surface area (Å²) in [7, 11) is 1.42. The minimum atomic E-state index is -0.756. The lowest BCUT2D eigenvalue weighted by atomic mass is 10.1. The molecule has 0 aliphatic carbocycles. The van der Waals surface area contributed by atoms with Gasteiger partial charge in [0, 0.05) is 17.1 Å². The summed E-state index contributed by atoms with van der Waals surface area (Å²) in [5.41, 5.74) is 1.40. The molecule has 0 aromatic heterocycles. The van der Waals surface area contributed by atoms with Crippen LogP contribution in [0.4, 0.5) is 0 Å². The molecule has 1 heterocycles. The molecule has 1 aliphatic rings. The van der Waals surface area contributed by atoms with Crippen molar-refractivity contribution in [3.63, 3.8) is 0 Å². The number of nitrogens with one attached hydrogen (secondary N) is 1. The van der Waals surface area contributed by atoms with Gasteiger partial charge in [0.05, 0.1) is 6.42 Å². The van der Waals surface area contributed by atoms with Crippen LogP contribution in [0.1, 0.15) is 22.3 Å². The summed E-state index contributed by atoms with van der Waals surface area (Å²) in [6.07, 6.45) is 0.0244. The van der Waals surface area contributed by atoms with E-state index in [1.165, 1.54) is 7.05 Å². The molecule has 5 nitrogen and oxygen atoms in total. The maximum absolute atomic E-state index is 12.0. The van der Waals surface area contributed by atoms with Gasteiger partial charge in [-0.15, -0.1) is 0 Å². The van der Waals surface area contributed by atoms with Crippen molar-refractivity contribution in [3.05, 3.63) is 33.8 Å². The number of likely N-dealkylation sites (tertiary alicyclic amines) is 1. The number of aryl methyl sites for hydroxylation is 1. The Hall–Kier alpha value is -1.69. The fraction of sp³-hybridized carbons (Fsp3) is 0.308. The largest absolute Gasteiger partial charge is 0.340 e. The van der Waals surface area contributed by atoms with Crippen LogP contribution in [0.5, 0.6) is 0 Å². The van der Waals surface area contributed by atoms with E-state index in [-0.39, 0.29) is 24.1 Å². The van der Waals surface area contributed by atoms with Crippen molar-refractivity contribution in [3.8, 4) is 0 Å². The van der Waals surface area contributed by atoms with Crippen LogP contribution in [0.25, 0.3) is 0 Å². The number of imide groups is 1. The van der Waals surface area contributed by atoms with Crippen molar-refractivity contribution in [1.29, 1.82) is 0 Å². The maximum Gasteiger partial charge on any atom is 0.252 e. The summed E-state index contributed by atoms with van der Waals surface area (Å²) in [5.74, 6) is -0.994. The minimum absolute atomic E-state index is 0.0244. The summed E-state index contributed by atoms with van der Waals surface area (Å²) in [4.78, 5) is 36.1. The third-order valence-electron chi connectivity index (χ3n) is 3.11. The van der Waals surface area contributed by atoms with Crippen molar-refractivity contribution in [1.82, 2.24) is 10.2 Å². The van der Waals surface area contributed by atoms with Crippen LogP contribution in [-0.4, -0.2) is 35.7 Å². The normalized spacial score (nSPS) is 18.9. The zero-order valence-corrected chi connectivity index (χ0v) is 12.2. The number of hydrogen-bond donors (Lipinski definition) is 1. The second kappa shape index (κ2) is 5.13. The van der Waals surface area contributed by atoms with Gasteiger partial charge in [0.2, 0.25) is 5.91 Å². The van der Waals surface area contributed by atoms with Crippen LogP contribution in [0, 0.1) is 6.92 Å². The fourth-order valence-corrected chi connectivity index (χ4v) is 2.14. The van der Waals surface area contributed by atoms with Crippen LogP contribution >= 0.6 is 15.9 Å². The standard InChI is InChI=1S/C13H13BrN2O3/c1-7-5-8(3-4-9(7)14)12(18)15-10-6-11(17)16(2)13(10)19/h3-5,10H,6H2,1-2H3,(H,15,18). The van der Waals surface area contributed by atoms with Crippen molar-refractivity contribution < 1.29 is 14.4 Å². The Morgan fingerprint density at radius 3 is 2.63 bits per heavy atom. The quantitative estimate of drug-likeness (QED) is 0.832.